The van der Waals surface area contributed by atoms with Crippen LogP contribution in [0, 0.1) is 10.1 Å². The first-order chi connectivity index (χ1) is 7.30. The van der Waals surface area contributed by atoms with Gasteiger partial charge in [-0.25, -0.2) is 0 Å². The van der Waals surface area contributed by atoms with Gasteiger partial charge in [0, 0.05) is 13.0 Å². The topological polar surface area (TPSA) is 43.1 Å². The third-order valence-electron chi connectivity index (χ3n) is 1.90. The van der Waals surface area contributed by atoms with Gasteiger partial charge in [0.2, 0.25) is 5.70 Å². The lowest BCUT2D eigenvalue weighted by atomic mass is 10.1. The third-order valence-corrected chi connectivity index (χ3v) is 1.90. The Bertz CT molecular complexity index is 421. The second kappa shape index (κ2) is 4.34. The molecule has 0 amide bonds. The van der Waals surface area contributed by atoms with E-state index in [2.05, 4.69) is 0 Å². The van der Waals surface area contributed by atoms with Gasteiger partial charge in [0.15, 0.2) is 0 Å². The van der Waals surface area contributed by atoms with Crippen LogP contribution in [0.3, 0.4) is 0 Å². The molecular formula is C10H8F3NO2. The molecule has 16 heavy (non-hydrogen) atoms. The average molecular weight is 231 g/mol. The lowest BCUT2D eigenvalue weighted by molar-refractivity contribution is -0.422. The lowest BCUT2D eigenvalue weighted by Crippen LogP contribution is -2.04. The molecular weight excluding hydrogens is 223 g/mol. The van der Waals surface area contributed by atoms with Crippen LogP contribution < -0.4 is 0 Å². The van der Waals surface area contributed by atoms with E-state index in [1.807, 2.05) is 0 Å². The van der Waals surface area contributed by atoms with Crippen molar-refractivity contribution >= 4 is 6.08 Å². The van der Waals surface area contributed by atoms with Crippen molar-refractivity contribution in [2.45, 2.75) is 13.1 Å². The molecule has 0 aromatic heterocycles. The highest BCUT2D eigenvalue weighted by Crippen LogP contribution is 2.29. The van der Waals surface area contributed by atoms with Crippen LogP contribution in [0.5, 0.6) is 0 Å². The summed E-state index contributed by atoms with van der Waals surface area (Å²) in [6.07, 6.45) is -3.18. The number of hydrogen-bond acceptors (Lipinski definition) is 2. The summed E-state index contributed by atoms with van der Waals surface area (Å²) >= 11 is 0. The number of benzene rings is 1. The van der Waals surface area contributed by atoms with Gasteiger partial charge in [-0.3, -0.25) is 10.1 Å². The second-order valence-corrected chi connectivity index (χ2v) is 3.16. The number of nitrogens with zero attached hydrogens (tertiary/aromatic N) is 1. The second-order valence-electron chi connectivity index (χ2n) is 3.16. The summed E-state index contributed by atoms with van der Waals surface area (Å²) in [4.78, 5) is 9.69. The fourth-order valence-electron chi connectivity index (χ4n) is 1.06. The smallest absolute Gasteiger partial charge is 0.259 e. The van der Waals surface area contributed by atoms with Crippen molar-refractivity contribution in [1.29, 1.82) is 0 Å². The van der Waals surface area contributed by atoms with Crippen molar-refractivity contribution in [3.63, 3.8) is 0 Å². The molecule has 0 atom stereocenters. The van der Waals surface area contributed by atoms with E-state index < -0.39 is 16.7 Å². The Hall–Kier alpha value is -1.85. The fraction of sp³-hybridized carbons (Fsp3) is 0.200. The quantitative estimate of drug-likeness (QED) is 0.578. The van der Waals surface area contributed by atoms with Gasteiger partial charge in [0.1, 0.15) is 0 Å². The molecule has 1 aromatic carbocycles. The Morgan fingerprint density at radius 2 is 1.81 bits per heavy atom. The van der Waals surface area contributed by atoms with Crippen molar-refractivity contribution in [1.82, 2.24) is 0 Å². The maximum Gasteiger partial charge on any atom is 0.416 e. The minimum atomic E-state index is -4.39. The highest BCUT2D eigenvalue weighted by Gasteiger charge is 2.29. The largest absolute Gasteiger partial charge is 0.416 e. The van der Waals surface area contributed by atoms with Crippen LogP contribution in [-0.2, 0) is 6.18 Å². The van der Waals surface area contributed by atoms with E-state index in [4.69, 9.17) is 0 Å². The molecule has 1 rings (SSSR count). The molecule has 0 aliphatic heterocycles. The predicted molar refractivity (Wildman–Crippen MR) is 52.1 cm³/mol. The van der Waals surface area contributed by atoms with E-state index in [0.29, 0.717) is 5.56 Å². The van der Waals surface area contributed by atoms with Crippen LogP contribution >= 0.6 is 0 Å². The zero-order valence-corrected chi connectivity index (χ0v) is 8.28. The Kier molecular flexibility index (Phi) is 3.31. The van der Waals surface area contributed by atoms with Crippen LogP contribution in [0.1, 0.15) is 18.1 Å². The Balaban J connectivity index is 2.97. The Labute approximate surface area is 89.4 Å². The monoisotopic (exact) mass is 231 g/mol. The zero-order chi connectivity index (χ0) is 12.3. The molecule has 3 nitrogen and oxygen atoms in total. The van der Waals surface area contributed by atoms with Gasteiger partial charge in [0.05, 0.1) is 10.5 Å². The summed E-state index contributed by atoms with van der Waals surface area (Å²) in [5.74, 6) is 0. The van der Waals surface area contributed by atoms with Crippen molar-refractivity contribution < 1.29 is 18.1 Å². The third kappa shape index (κ3) is 3.08. The molecule has 0 aliphatic carbocycles. The van der Waals surface area contributed by atoms with Gasteiger partial charge in [-0.15, -0.1) is 0 Å². The number of nitro groups is 1. The van der Waals surface area contributed by atoms with E-state index in [9.17, 15) is 23.3 Å². The molecule has 6 heteroatoms. The zero-order valence-electron chi connectivity index (χ0n) is 8.28. The van der Waals surface area contributed by atoms with E-state index in [0.717, 1.165) is 12.1 Å². The maximum atomic E-state index is 12.2. The van der Waals surface area contributed by atoms with Crippen molar-refractivity contribution in [3.8, 4) is 0 Å². The molecule has 0 aliphatic rings. The molecule has 0 unspecified atom stereocenters. The van der Waals surface area contributed by atoms with Gasteiger partial charge in [-0.05, 0) is 17.7 Å². The number of halogens is 3. The van der Waals surface area contributed by atoms with Crippen molar-refractivity contribution in [2.75, 3.05) is 0 Å². The Morgan fingerprint density at radius 1 is 1.31 bits per heavy atom. The normalized spacial score (nSPS) is 12.6. The highest BCUT2D eigenvalue weighted by atomic mass is 19.4. The van der Waals surface area contributed by atoms with Crippen molar-refractivity contribution in [3.05, 3.63) is 51.2 Å². The van der Waals surface area contributed by atoms with Gasteiger partial charge in [-0.2, -0.15) is 13.2 Å². The number of hydrogen-bond donors (Lipinski definition) is 0. The minimum Gasteiger partial charge on any atom is -0.259 e. The summed E-state index contributed by atoms with van der Waals surface area (Å²) in [6.45, 7) is 1.28. The number of allylic oxidation sites excluding steroid dienone is 1. The molecule has 0 heterocycles. The van der Waals surface area contributed by atoms with E-state index in [1.54, 1.807) is 0 Å². The molecule has 0 fully saturated rings. The minimum absolute atomic E-state index is 0.125. The molecule has 0 spiro atoms. The summed E-state index contributed by atoms with van der Waals surface area (Å²) in [5.41, 5.74) is -0.537. The first kappa shape index (κ1) is 12.2. The van der Waals surface area contributed by atoms with Gasteiger partial charge >= 0.3 is 6.18 Å². The molecule has 86 valence electrons. The maximum absolute atomic E-state index is 12.2. The van der Waals surface area contributed by atoms with Gasteiger partial charge in [-0.1, -0.05) is 12.1 Å². The summed E-state index contributed by atoms with van der Waals surface area (Å²) in [6, 6.07) is 4.16. The van der Waals surface area contributed by atoms with Crippen LogP contribution in [0.4, 0.5) is 13.2 Å². The summed E-state index contributed by atoms with van der Waals surface area (Å²) in [5, 5.41) is 10.3. The van der Waals surface area contributed by atoms with Crippen LogP contribution in [0.15, 0.2) is 30.0 Å². The molecule has 0 saturated heterocycles. The van der Waals surface area contributed by atoms with E-state index >= 15 is 0 Å². The lowest BCUT2D eigenvalue weighted by Gasteiger charge is -2.05. The van der Waals surface area contributed by atoms with Gasteiger partial charge in [0.25, 0.3) is 0 Å². The molecule has 0 saturated carbocycles. The van der Waals surface area contributed by atoms with Crippen LogP contribution in [0.2, 0.25) is 0 Å². The molecule has 0 radical (unpaired) electrons. The van der Waals surface area contributed by atoms with E-state index in [1.165, 1.54) is 25.1 Å². The summed E-state index contributed by atoms with van der Waals surface area (Å²) < 4.78 is 36.6. The van der Waals surface area contributed by atoms with Gasteiger partial charge < -0.3 is 0 Å². The standard InChI is InChI=1S/C10H8F3NO2/c1-7(14(15)16)6-8-2-4-9(5-3-8)10(11,12)13/h2-6H,1H3/b7-6-. The number of alkyl halides is 3. The van der Waals surface area contributed by atoms with Crippen LogP contribution in [0.25, 0.3) is 6.08 Å². The van der Waals surface area contributed by atoms with E-state index in [-0.39, 0.29) is 5.70 Å². The van der Waals surface area contributed by atoms with Crippen molar-refractivity contribution in [2.24, 2.45) is 0 Å². The average Bonchev–Trinajstić information content (AvgIpc) is 2.17. The molecule has 0 bridgehead atoms. The predicted octanol–water partition coefficient (Wildman–Crippen LogP) is 3.34. The fourth-order valence-corrected chi connectivity index (χ4v) is 1.06. The molecule has 1 aromatic rings. The Morgan fingerprint density at radius 3 is 2.19 bits per heavy atom. The SMILES string of the molecule is C/C(=C/c1ccc(C(F)(F)F)cc1)[N+](=O)[O-]. The van der Waals surface area contributed by atoms with Crippen LogP contribution in [-0.4, -0.2) is 4.92 Å². The first-order valence-corrected chi connectivity index (χ1v) is 4.30. The number of rotatable bonds is 2. The first-order valence-electron chi connectivity index (χ1n) is 4.30. The molecule has 0 N–H and O–H groups in total. The highest BCUT2D eigenvalue weighted by molar-refractivity contribution is 5.51. The summed E-state index contributed by atoms with van der Waals surface area (Å²) in [7, 11) is 0.